The van der Waals surface area contributed by atoms with Crippen molar-refractivity contribution in [1.82, 2.24) is 14.8 Å². The summed E-state index contributed by atoms with van der Waals surface area (Å²) in [5, 5.41) is 0. The lowest BCUT2D eigenvalue weighted by atomic mass is 10.1. The molecular formula is C20H26N4. The highest BCUT2D eigenvalue weighted by Crippen LogP contribution is 2.26. The summed E-state index contributed by atoms with van der Waals surface area (Å²) in [5.74, 6) is 0.671. The summed E-state index contributed by atoms with van der Waals surface area (Å²) < 4.78 is 0. The molecule has 4 heteroatoms. The predicted octanol–water partition coefficient (Wildman–Crippen LogP) is 2.34. The van der Waals surface area contributed by atoms with E-state index in [4.69, 9.17) is 5.73 Å². The van der Waals surface area contributed by atoms with Crippen molar-refractivity contribution in [2.24, 2.45) is 0 Å². The van der Waals surface area contributed by atoms with Gasteiger partial charge in [-0.15, -0.1) is 0 Å². The number of hydrogen-bond donors (Lipinski definition) is 1. The molecule has 1 fully saturated rings. The highest BCUT2D eigenvalue weighted by Gasteiger charge is 2.27. The maximum absolute atomic E-state index is 6.00. The minimum absolute atomic E-state index is 0.671. The Morgan fingerprint density at radius 2 is 1.75 bits per heavy atom. The Balaban J connectivity index is 1.36. The van der Waals surface area contributed by atoms with E-state index in [-0.39, 0.29) is 0 Å². The summed E-state index contributed by atoms with van der Waals surface area (Å²) in [5.41, 5.74) is 10.3. The van der Waals surface area contributed by atoms with Gasteiger partial charge in [-0.3, -0.25) is 9.80 Å². The standard InChI is InChI=1S/C20H26N4/c21-20-18(7-3-8-22-20)15-23-9-4-10-24(12-11-23)19-13-16-5-1-2-6-17(16)14-19/h1-3,5-8,19H,4,9-15H2,(H2,21,22). The van der Waals surface area contributed by atoms with Gasteiger partial charge in [0.2, 0.25) is 0 Å². The van der Waals surface area contributed by atoms with Gasteiger partial charge in [-0.25, -0.2) is 4.98 Å². The van der Waals surface area contributed by atoms with Crippen molar-refractivity contribution in [3.63, 3.8) is 0 Å². The van der Waals surface area contributed by atoms with Crippen LogP contribution in [0.4, 0.5) is 5.82 Å². The van der Waals surface area contributed by atoms with E-state index >= 15 is 0 Å². The summed E-state index contributed by atoms with van der Waals surface area (Å²) in [6, 6.07) is 13.7. The molecule has 2 aromatic rings. The monoisotopic (exact) mass is 322 g/mol. The molecule has 1 aliphatic carbocycles. The third kappa shape index (κ3) is 3.30. The average molecular weight is 322 g/mol. The van der Waals surface area contributed by atoms with Crippen molar-refractivity contribution >= 4 is 5.82 Å². The fourth-order valence-electron chi connectivity index (χ4n) is 4.13. The zero-order chi connectivity index (χ0) is 16.4. The first-order valence-corrected chi connectivity index (χ1v) is 9.02. The number of benzene rings is 1. The molecule has 24 heavy (non-hydrogen) atoms. The summed E-state index contributed by atoms with van der Waals surface area (Å²) >= 11 is 0. The molecule has 2 aliphatic rings. The molecule has 0 radical (unpaired) electrons. The van der Waals surface area contributed by atoms with Crippen LogP contribution in [0.25, 0.3) is 0 Å². The van der Waals surface area contributed by atoms with Crippen LogP contribution < -0.4 is 5.73 Å². The maximum atomic E-state index is 6.00. The van der Waals surface area contributed by atoms with E-state index in [2.05, 4.69) is 45.1 Å². The van der Waals surface area contributed by atoms with Gasteiger partial charge in [0.25, 0.3) is 0 Å². The molecule has 1 aromatic carbocycles. The van der Waals surface area contributed by atoms with E-state index in [0.29, 0.717) is 11.9 Å². The Hall–Kier alpha value is -1.91. The van der Waals surface area contributed by atoms with E-state index in [9.17, 15) is 0 Å². The SMILES string of the molecule is Nc1ncccc1CN1CCCN(C2Cc3ccccc3C2)CC1. The van der Waals surface area contributed by atoms with Gasteiger partial charge in [0, 0.05) is 37.4 Å². The Kier molecular flexibility index (Phi) is 4.50. The second-order valence-corrected chi connectivity index (χ2v) is 7.04. The van der Waals surface area contributed by atoms with E-state index < -0.39 is 0 Å². The van der Waals surface area contributed by atoms with Gasteiger partial charge in [-0.1, -0.05) is 30.3 Å². The molecule has 0 amide bonds. The normalized spacial score (nSPS) is 20.0. The van der Waals surface area contributed by atoms with Crippen molar-refractivity contribution in [2.45, 2.75) is 31.8 Å². The minimum Gasteiger partial charge on any atom is -0.383 e. The van der Waals surface area contributed by atoms with Gasteiger partial charge < -0.3 is 5.73 Å². The summed E-state index contributed by atoms with van der Waals surface area (Å²) in [4.78, 5) is 9.43. The van der Waals surface area contributed by atoms with Gasteiger partial charge in [0.1, 0.15) is 5.82 Å². The second-order valence-electron chi connectivity index (χ2n) is 7.04. The average Bonchev–Trinajstić information content (AvgIpc) is 2.89. The number of rotatable bonds is 3. The summed E-state index contributed by atoms with van der Waals surface area (Å²) in [6.45, 7) is 5.53. The van der Waals surface area contributed by atoms with Gasteiger partial charge >= 0.3 is 0 Å². The van der Waals surface area contributed by atoms with E-state index in [0.717, 1.165) is 31.7 Å². The van der Waals surface area contributed by atoms with Crippen LogP contribution in [0.3, 0.4) is 0 Å². The van der Waals surface area contributed by atoms with Crippen LogP contribution in [0, 0.1) is 0 Å². The zero-order valence-corrected chi connectivity index (χ0v) is 14.2. The number of pyridine rings is 1. The first kappa shape index (κ1) is 15.6. The van der Waals surface area contributed by atoms with Crippen LogP contribution in [0.15, 0.2) is 42.6 Å². The first-order valence-electron chi connectivity index (χ1n) is 9.02. The van der Waals surface area contributed by atoms with Gasteiger partial charge in [0.15, 0.2) is 0 Å². The molecular weight excluding hydrogens is 296 g/mol. The number of aromatic nitrogens is 1. The number of hydrogen-bond acceptors (Lipinski definition) is 4. The maximum Gasteiger partial charge on any atom is 0.127 e. The third-order valence-electron chi connectivity index (χ3n) is 5.49. The first-order chi connectivity index (χ1) is 11.8. The van der Waals surface area contributed by atoms with Crippen LogP contribution in [-0.4, -0.2) is 47.0 Å². The second kappa shape index (κ2) is 6.91. The smallest absolute Gasteiger partial charge is 0.127 e. The number of nitrogens with two attached hydrogens (primary N) is 1. The lowest BCUT2D eigenvalue weighted by molar-refractivity contribution is 0.201. The summed E-state index contributed by atoms with van der Waals surface area (Å²) in [7, 11) is 0. The molecule has 2 heterocycles. The lowest BCUT2D eigenvalue weighted by Crippen LogP contribution is -2.38. The molecule has 1 saturated heterocycles. The van der Waals surface area contributed by atoms with Gasteiger partial charge in [0.05, 0.1) is 0 Å². The van der Waals surface area contributed by atoms with Crippen LogP contribution >= 0.6 is 0 Å². The molecule has 0 atom stereocenters. The van der Waals surface area contributed by atoms with Gasteiger partial charge in [-0.2, -0.15) is 0 Å². The van der Waals surface area contributed by atoms with Gasteiger partial charge in [-0.05, 0) is 49.5 Å². The fraction of sp³-hybridized carbons (Fsp3) is 0.450. The number of nitrogens with zero attached hydrogens (tertiary/aromatic N) is 3. The predicted molar refractivity (Wildman–Crippen MR) is 97.8 cm³/mol. The molecule has 0 unspecified atom stereocenters. The van der Waals surface area contributed by atoms with Crippen molar-refractivity contribution in [3.8, 4) is 0 Å². The van der Waals surface area contributed by atoms with Crippen molar-refractivity contribution in [2.75, 3.05) is 31.9 Å². The molecule has 4 rings (SSSR count). The van der Waals surface area contributed by atoms with Crippen LogP contribution in [-0.2, 0) is 19.4 Å². The largest absolute Gasteiger partial charge is 0.383 e. The van der Waals surface area contributed by atoms with Crippen LogP contribution in [0.1, 0.15) is 23.1 Å². The molecule has 0 bridgehead atoms. The third-order valence-corrected chi connectivity index (χ3v) is 5.49. The Bertz CT molecular complexity index is 675. The van der Waals surface area contributed by atoms with E-state index in [1.165, 1.54) is 25.8 Å². The zero-order valence-electron chi connectivity index (χ0n) is 14.2. The Labute approximate surface area is 144 Å². The van der Waals surface area contributed by atoms with E-state index in [1.54, 1.807) is 17.3 Å². The minimum atomic E-state index is 0.671. The molecule has 126 valence electrons. The number of nitrogen functional groups attached to an aromatic ring is 1. The molecule has 0 saturated carbocycles. The Morgan fingerprint density at radius 1 is 0.958 bits per heavy atom. The van der Waals surface area contributed by atoms with Crippen molar-refractivity contribution in [3.05, 3.63) is 59.3 Å². The van der Waals surface area contributed by atoms with Crippen molar-refractivity contribution < 1.29 is 0 Å². The highest BCUT2D eigenvalue weighted by atomic mass is 15.2. The Morgan fingerprint density at radius 3 is 2.50 bits per heavy atom. The number of fused-ring (bicyclic) bond motifs is 1. The van der Waals surface area contributed by atoms with Crippen LogP contribution in [0.5, 0.6) is 0 Å². The lowest BCUT2D eigenvalue weighted by Gasteiger charge is -2.27. The topological polar surface area (TPSA) is 45.4 Å². The van der Waals surface area contributed by atoms with Crippen LogP contribution in [0.2, 0.25) is 0 Å². The molecule has 1 aromatic heterocycles. The fourth-order valence-corrected chi connectivity index (χ4v) is 4.13. The van der Waals surface area contributed by atoms with E-state index in [1.807, 2.05) is 6.07 Å². The molecule has 1 aliphatic heterocycles. The quantitative estimate of drug-likeness (QED) is 0.942. The van der Waals surface area contributed by atoms with Crippen molar-refractivity contribution in [1.29, 1.82) is 0 Å². The highest BCUT2D eigenvalue weighted by molar-refractivity contribution is 5.38. The molecule has 2 N–H and O–H groups in total. The summed E-state index contributed by atoms with van der Waals surface area (Å²) in [6.07, 6.45) is 5.42. The number of anilines is 1. The molecule has 0 spiro atoms. The molecule has 4 nitrogen and oxygen atoms in total.